The van der Waals surface area contributed by atoms with Gasteiger partial charge >= 0.3 is 12.1 Å². The Labute approximate surface area is 297 Å². The Kier molecular flexibility index (Phi) is 11.4. The minimum absolute atomic E-state index is 0.0247. The molecular weight excluding hydrogens is 660 g/mol. The normalized spacial score (nSPS) is 28.1. The van der Waals surface area contributed by atoms with Crippen LogP contribution in [0.2, 0.25) is 0 Å². The molecule has 1 aromatic heterocycles. The number of carboxylic acid groups (broad SMARTS) is 1. The number of benzene rings is 1. The van der Waals surface area contributed by atoms with Gasteiger partial charge < -0.3 is 34.9 Å². The molecule has 1 saturated heterocycles. The predicted octanol–water partition coefficient (Wildman–Crippen LogP) is 5.61. The highest BCUT2D eigenvalue weighted by atomic mass is 32.2. The van der Waals surface area contributed by atoms with E-state index in [0.717, 1.165) is 66.5 Å². The van der Waals surface area contributed by atoms with E-state index in [1.807, 2.05) is 37.3 Å². The van der Waals surface area contributed by atoms with Gasteiger partial charge in [-0.25, -0.2) is 14.6 Å². The third kappa shape index (κ3) is 8.14. The summed E-state index contributed by atoms with van der Waals surface area (Å²) < 4.78 is 18.1. The Hall–Kier alpha value is -4.00. The lowest BCUT2D eigenvalue weighted by atomic mass is 10.0. The fraction of sp³-hybridized carbons (Fsp3) is 0.595. The summed E-state index contributed by atoms with van der Waals surface area (Å²) in [4.78, 5) is 60.7. The van der Waals surface area contributed by atoms with Gasteiger partial charge in [0.1, 0.15) is 29.5 Å². The van der Waals surface area contributed by atoms with Crippen molar-refractivity contribution in [3.05, 3.63) is 36.4 Å². The molecule has 6 rings (SSSR count). The van der Waals surface area contributed by atoms with Crippen LogP contribution >= 0.6 is 11.8 Å². The van der Waals surface area contributed by atoms with Crippen LogP contribution < -0.4 is 20.1 Å². The minimum Gasteiger partial charge on any atom is -0.488 e. The van der Waals surface area contributed by atoms with Crippen LogP contribution in [0, 0.1) is 5.92 Å². The molecule has 1 aromatic carbocycles. The van der Waals surface area contributed by atoms with Crippen molar-refractivity contribution in [1.82, 2.24) is 20.5 Å². The summed E-state index contributed by atoms with van der Waals surface area (Å²) in [6, 6.07) is 6.17. The number of hydrogen-bond donors (Lipinski definition) is 3. The molecule has 3 N–H and O–H groups in total. The highest BCUT2D eigenvalue weighted by molar-refractivity contribution is 7.99. The average Bonchev–Trinajstić information content (AvgIpc) is 3.35. The van der Waals surface area contributed by atoms with Crippen LogP contribution in [0.4, 0.5) is 4.79 Å². The molecule has 4 aliphatic rings. The van der Waals surface area contributed by atoms with E-state index >= 15 is 0 Å². The molecule has 12 nitrogen and oxygen atoms in total. The van der Waals surface area contributed by atoms with Gasteiger partial charge in [-0.05, 0) is 76.2 Å². The second-order valence-electron chi connectivity index (χ2n) is 13.7. The van der Waals surface area contributed by atoms with Crippen molar-refractivity contribution >= 4 is 46.5 Å². The summed E-state index contributed by atoms with van der Waals surface area (Å²) >= 11 is 1.66. The van der Waals surface area contributed by atoms with E-state index in [2.05, 4.69) is 17.6 Å². The fourth-order valence-electron chi connectivity index (χ4n) is 7.44. The first-order valence-corrected chi connectivity index (χ1v) is 19.0. The molecule has 50 heavy (non-hydrogen) atoms. The number of hydrogen-bond acceptors (Lipinski definition) is 9. The maximum atomic E-state index is 14.1. The Morgan fingerprint density at radius 2 is 1.92 bits per heavy atom. The Balaban J connectivity index is 1.27. The number of para-hydroxylation sites is 1. The number of rotatable bonds is 9. The maximum Gasteiger partial charge on any atom is 0.407 e. The average molecular weight is 709 g/mol. The van der Waals surface area contributed by atoms with Crippen LogP contribution in [-0.2, 0) is 19.1 Å². The molecule has 3 heterocycles. The predicted molar refractivity (Wildman–Crippen MR) is 188 cm³/mol. The lowest BCUT2D eigenvalue weighted by Gasteiger charge is -2.27. The molecule has 270 valence electrons. The number of nitrogens with one attached hydrogen (secondary N) is 2. The quantitative estimate of drug-likeness (QED) is 0.221. The first-order valence-electron chi connectivity index (χ1n) is 18.1. The summed E-state index contributed by atoms with van der Waals surface area (Å²) in [6.45, 7) is 4.48. The number of aromatic nitrogens is 1. The van der Waals surface area contributed by atoms with Crippen molar-refractivity contribution in [3.8, 4) is 11.6 Å². The maximum absolute atomic E-state index is 14.1. The van der Waals surface area contributed by atoms with Gasteiger partial charge in [-0.3, -0.25) is 9.59 Å². The first kappa shape index (κ1) is 35.8. The molecule has 0 radical (unpaired) electrons. The molecule has 2 saturated carbocycles. The van der Waals surface area contributed by atoms with Gasteiger partial charge in [0.25, 0.3) is 0 Å². The minimum atomic E-state index is -1.41. The summed E-state index contributed by atoms with van der Waals surface area (Å²) in [5.41, 5.74) is -0.659. The van der Waals surface area contributed by atoms with E-state index in [9.17, 15) is 24.3 Å². The van der Waals surface area contributed by atoms with Gasteiger partial charge in [0.05, 0.1) is 18.7 Å². The van der Waals surface area contributed by atoms with Crippen LogP contribution in [0.15, 0.2) is 41.3 Å². The van der Waals surface area contributed by atoms with E-state index in [4.69, 9.17) is 19.2 Å². The smallest absolute Gasteiger partial charge is 0.407 e. The summed E-state index contributed by atoms with van der Waals surface area (Å²) in [5.74, 6) is -0.471. The van der Waals surface area contributed by atoms with Crippen molar-refractivity contribution in [2.75, 3.05) is 18.9 Å². The number of nitrogens with zero attached hydrogens (tertiary/aromatic N) is 2. The van der Waals surface area contributed by atoms with Gasteiger partial charge in [-0.15, -0.1) is 11.8 Å². The van der Waals surface area contributed by atoms with Crippen LogP contribution in [0.3, 0.4) is 0 Å². The highest BCUT2D eigenvalue weighted by Gasteiger charge is 2.61. The van der Waals surface area contributed by atoms with Crippen molar-refractivity contribution in [2.45, 2.75) is 119 Å². The second-order valence-corrected chi connectivity index (χ2v) is 15.0. The number of allylic oxidation sites excluding steroid dienone is 1. The first-order chi connectivity index (χ1) is 24.2. The molecule has 13 heteroatoms. The lowest BCUT2D eigenvalue weighted by molar-refractivity contribution is -0.145. The molecule has 3 fully saturated rings. The second kappa shape index (κ2) is 15.9. The summed E-state index contributed by atoms with van der Waals surface area (Å²) in [5, 5.41) is 16.7. The van der Waals surface area contributed by atoms with Gasteiger partial charge in [0.2, 0.25) is 17.7 Å². The third-order valence-electron chi connectivity index (χ3n) is 10.1. The number of carboxylic acids is 1. The topological polar surface area (TPSA) is 156 Å². The van der Waals surface area contributed by atoms with Gasteiger partial charge in [-0.2, -0.15) is 0 Å². The van der Waals surface area contributed by atoms with Crippen molar-refractivity contribution in [3.63, 3.8) is 0 Å². The van der Waals surface area contributed by atoms with E-state index in [1.54, 1.807) is 17.8 Å². The molecule has 2 aliphatic carbocycles. The molecule has 5 atom stereocenters. The van der Waals surface area contributed by atoms with Crippen LogP contribution in [0.25, 0.3) is 10.9 Å². The number of carbonyl (C=O) groups excluding carboxylic acids is 3. The Morgan fingerprint density at radius 3 is 2.68 bits per heavy atom. The molecule has 2 aliphatic heterocycles. The van der Waals surface area contributed by atoms with E-state index in [-0.39, 0.29) is 37.3 Å². The Morgan fingerprint density at radius 1 is 1.12 bits per heavy atom. The fourth-order valence-corrected chi connectivity index (χ4v) is 8.22. The van der Waals surface area contributed by atoms with Gasteiger partial charge in [0.15, 0.2) is 0 Å². The number of carbonyl (C=O) groups is 4. The largest absolute Gasteiger partial charge is 0.488 e. The highest BCUT2D eigenvalue weighted by Crippen LogP contribution is 2.45. The zero-order valence-electron chi connectivity index (χ0n) is 28.9. The van der Waals surface area contributed by atoms with Crippen LogP contribution in [0.1, 0.15) is 84.5 Å². The molecule has 3 amide bonds. The standard InChI is InChI=1S/C37H48N4O8S/c1-3-47-31-20-29(27-16-11-17-30(50-4-2)33(27)39-31)48-26-19-28-34(43)40-37(35(44)45)21-23(37)12-7-5-6-8-13-24(18-32(42)41(28)22-26)38-36(46)49-25-14-9-10-15-25/h7,11-12,16-17,20,23-26,28H,3-6,8-10,13-15,18-19,21-22H2,1-2H3,(H,38,46)(H,40,43)(H,44,45)/b12-7-/t23-,24-,26+,28-,37+/m0/s1. The van der Waals surface area contributed by atoms with Crippen LogP contribution in [-0.4, -0.2) is 87.6 Å². The third-order valence-corrected chi connectivity index (χ3v) is 11.0. The number of thioether (sulfide) groups is 1. The van der Waals surface area contributed by atoms with Crippen molar-refractivity contribution in [1.29, 1.82) is 0 Å². The summed E-state index contributed by atoms with van der Waals surface area (Å²) in [6.07, 6.45) is 9.65. The molecule has 0 bridgehead atoms. The van der Waals surface area contributed by atoms with Crippen molar-refractivity contribution < 1.29 is 38.5 Å². The number of fused-ring (bicyclic) bond motifs is 3. The number of amides is 3. The summed E-state index contributed by atoms with van der Waals surface area (Å²) in [7, 11) is 0. The zero-order valence-corrected chi connectivity index (χ0v) is 29.7. The monoisotopic (exact) mass is 708 g/mol. The zero-order chi connectivity index (χ0) is 35.3. The molecule has 2 aromatic rings. The molecular formula is C37H48N4O8S. The van der Waals surface area contributed by atoms with Crippen molar-refractivity contribution in [2.24, 2.45) is 5.92 Å². The van der Waals surface area contributed by atoms with E-state index < -0.39 is 41.7 Å². The lowest BCUT2D eigenvalue weighted by Crippen LogP contribution is -2.53. The Bertz CT molecular complexity index is 1610. The number of ether oxygens (including phenoxy) is 3. The van der Waals surface area contributed by atoms with E-state index in [0.29, 0.717) is 31.1 Å². The van der Waals surface area contributed by atoms with Gasteiger partial charge in [0, 0.05) is 41.1 Å². The van der Waals surface area contributed by atoms with Crippen LogP contribution in [0.5, 0.6) is 11.6 Å². The van der Waals surface area contributed by atoms with E-state index in [1.165, 1.54) is 4.90 Å². The molecule has 0 spiro atoms. The molecule has 0 unspecified atom stereocenters. The number of pyridine rings is 1. The van der Waals surface area contributed by atoms with Gasteiger partial charge in [-0.1, -0.05) is 31.6 Å². The number of aliphatic carboxylic acids is 1. The SMILES string of the molecule is CCOc1cc(O[C@@H]2C[C@H]3C(=O)N[C@]4(C(=O)O)C[C@@H]4/C=C\CCCC[C@H](NC(=O)OC4CCCC4)CC(=O)N3C2)c2cccc(SCC)c2n1. The number of alkyl carbamates (subject to hydrolysis) is 1.